The molecular weight excluding hydrogens is 327 g/mol. The molecule has 0 heterocycles. The van der Waals surface area contributed by atoms with Gasteiger partial charge in [-0.15, -0.1) is 0 Å². The molecule has 0 saturated carbocycles. The van der Waals surface area contributed by atoms with Gasteiger partial charge in [0.2, 0.25) is 0 Å². The van der Waals surface area contributed by atoms with Crippen molar-refractivity contribution in [3.05, 3.63) is 68.2 Å². The Labute approximate surface area is 139 Å². The van der Waals surface area contributed by atoms with Crippen LogP contribution in [-0.4, -0.2) is 0 Å². The first-order chi connectivity index (χ1) is 10.0. The molecule has 1 unspecified atom stereocenters. The molecule has 2 aromatic carbocycles. The Hall–Kier alpha value is -1.24. The Morgan fingerprint density at radius 2 is 1.86 bits per heavy atom. The first-order valence-electron chi connectivity index (χ1n) is 6.38. The monoisotopic (exact) mass is 338 g/mol. The van der Waals surface area contributed by atoms with Gasteiger partial charge in [-0.2, -0.15) is 5.26 Å². The van der Waals surface area contributed by atoms with E-state index in [0.29, 0.717) is 27.2 Å². The minimum Gasteiger partial charge on any atom is -0.306 e. The van der Waals surface area contributed by atoms with Crippen molar-refractivity contribution in [3.8, 4) is 6.07 Å². The molecule has 1 atom stereocenters. The zero-order chi connectivity index (χ0) is 15.4. The molecule has 108 valence electrons. The number of halogens is 3. The third-order valence-electron chi connectivity index (χ3n) is 3.21. The fourth-order valence-electron chi connectivity index (χ4n) is 1.99. The quantitative estimate of drug-likeness (QED) is 0.813. The Morgan fingerprint density at radius 3 is 2.48 bits per heavy atom. The van der Waals surface area contributed by atoms with E-state index >= 15 is 0 Å². The van der Waals surface area contributed by atoms with Gasteiger partial charge < -0.3 is 5.32 Å². The largest absolute Gasteiger partial charge is 0.306 e. The van der Waals surface area contributed by atoms with E-state index in [9.17, 15) is 0 Å². The van der Waals surface area contributed by atoms with E-state index in [-0.39, 0.29) is 6.04 Å². The van der Waals surface area contributed by atoms with Crippen molar-refractivity contribution in [2.75, 3.05) is 0 Å². The maximum absolute atomic E-state index is 8.82. The van der Waals surface area contributed by atoms with Crippen LogP contribution in [0.3, 0.4) is 0 Å². The second kappa shape index (κ2) is 7.15. The smallest absolute Gasteiger partial charge is 0.0992 e. The zero-order valence-corrected chi connectivity index (χ0v) is 13.6. The molecule has 2 rings (SSSR count). The van der Waals surface area contributed by atoms with E-state index in [1.165, 1.54) is 0 Å². The fourth-order valence-corrected chi connectivity index (χ4v) is 2.81. The summed E-state index contributed by atoms with van der Waals surface area (Å²) < 4.78 is 0. The summed E-state index contributed by atoms with van der Waals surface area (Å²) in [6.07, 6.45) is 0. The lowest BCUT2D eigenvalue weighted by Crippen LogP contribution is -2.18. The van der Waals surface area contributed by atoms with Gasteiger partial charge in [-0.05, 0) is 42.3 Å². The van der Waals surface area contributed by atoms with E-state index in [1.54, 1.807) is 18.2 Å². The minimum atomic E-state index is 0.0569. The van der Waals surface area contributed by atoms with Crippen LogP contribution in [-0.2, 0) is 6.54 Å². The summed E-state index contributed by atoms with van der Waals surface area (Å²) in [6.45, 7) is 2.61. The number of rotatable bonds is 4. The molecule has 0 amide bonds. The number of nitrogens with one attached hydrogen (secondary N) is 1. The number of benzene rings is 2. The van der Waals surface area contributed by atoms with Crippen LogP contribution in [0.15, 0.2) is 36.4 Å². The van der Waals surface area contributed by atoms with Gasteiger partial charge in [-0.3, -0.25) is 0 Å². The van der Waals surface area contributed by atoms with Gasteiger partial charge in [-0.25, -0.2) is 0 Å². The van der Waals surface area contributed by atoms with Crippen LogP contribution in [0.4, 0.5) is 0 Å². The van der Waals surface area contributed by atoms with Gasteiger partial charge >= 0.3 is 0 Å². The molecule has 5 heteroatoms. The Balaban J connectivity index is 2.07. The highest BCUT2D eigenvalue weighted by Gasteiger charge is 2.10. The zero-order valence-electron chi connectivity index (χ0n) is 11.3. The number of hydrogen-bond donors (Lipinski definition) is 1. The number of hydrogen-bond acceptors (Lipinski definition) is 2. The van der Waals surface area contributed by atoms with Crippen molar-refractivity contribution < 1.29 is 0 Å². The molecule has 0 aromatic heterocycles. The van der Waals surface area contributed by atoms with E-state index in [2.05, 4.69) is 11.4 Å². The molecule has 0 fully saturated rings. The van der Waals surface area contributed by atoms with Crippen LogP contribution < -0.4 is 5.32 Å². The Bertz CT molecular complexity index is 692. The van der Waals surface area contributed by atoms with E-state index in [4.69, 9.17) is 40.1 Å². The average Bonchev–Trinajstić information content (AvgIpc) is 2.45. The Kier molecular flexibility index (Phi) is 5.50. The summed E-state index contributed by atoms with van der Waals surface area (Å²) in [5.74, 6) is 0. The van der Waals surface area contributed by atoms with Gasteiger partial charge in [0.1, 0.15) is 0 Å². The van der Waals surface area contributed by atoms with Crippen LogP contribution in [0.5, 0.6) is 0 Å². The summed E-state index contributed by atoms with van der Waals surface area (Å²) in [5, 5.41) is 14.0. The topological polar surface area (TPSA) is 35.8 Å². The van der Waals surface area contributed by atoms with Gasteiger partial charge in [0.05, 0.1) is 11.6 Å². The molecule has 2 nitrogen and oxygen atoms in total. The van der Waals surface area contributed by atoms with Crippen LogP contribution in [0, 0.1) is 11.3 Å². The SMILES string of the molecule is CC(NCc1ccc(C#N)cc1Cl)c1ccc(Cl)cc1Cl. The lowest BCUT2D eigenvalue weighted by atomic mass is 10.1. The molecule has 2 aromatic rings. The lowest BCUT2D eigenvalue weighted by Gasteiger charge is -2.16. The molecule has 0 saturated heterocycles. The third-order valence-corrected chi connectivity index (χ3v) is 4.12. The molecule has 0 spiro atoms. The Morgan fingerprint density at radius 1 is 1.10 bits per heavy atom. The van der Waals surface area contributed by atoms with Crippen molar-refractivity contribution in [1.82, 2.24) is 5.32 Å². The second-order valence-corrected chi connectivity index (χ2v) is 5.94. The van der Waals surface area contributed by atoms with Crippen LogP contribution in [0.1, 0.15) is 29.7 Å². The van der Waals surface area contributed by atoms with E-state index in [0.717, 1.165) is 11.1 Å². The van der Waals surface area contributed by atoms with Crippen molar-refractivity contribution in [2.45, 2.75) is 19.5 Å². The molecular formula is C16H13Cl3N2. The van der Waals surface area contributed by atoms with E-state index in [1.807, 2.05) is 25.1 Å². The maximum Gasteiger partial charge on any atom is 0.0992 e. The van der Waals surface area contributed by atoms with Gasteiger partial charge in [0.15, 0.2) is 0 Å². The summed E-state index contributed by atoms with van der Waals surface area (Å²) in [4.78, 5) is 0. The van der Waals surface area contributed by atoms with Crippen molar-refractivity contribution in [3.63, 3.8) is 0 Å². The predicted molar refractivity (Wildman–Crippen MR) is 87.9 cm³/mol. The van der Waals surface area contributed by atoms with Crippen molar-refractivity contribution in [1.29, 1.82) is 5.26 Å². The number of nitriles is 1. The molecule has 0 aliphatic heterocycles. The van der Waals surface area contributed by atoms with Gasteiger partial charge in [-0.1, -0.05) is 46.9 Å². The third kappa shape index (κ3) is 4.12. The highest BCUT2D eigenvalue weighted by atomic mass is 35.5. The first kappa shape index (κ1) is 16.1. The van der Waals surface area contributed by atoms with Crippen LogP contribution >= 0.6 is 34.8 Å². The predicted octanol–water partition coefficient (Wildman–Crippen LogP) is 5.37. The molecule has 21 heavy (non-hydrogen) atoms. The molecule has 1 N–H and O–H groups in total. The van der Waals surface area contributed by atoms with Crippen molar-refractivity contribution >= 4 is 34.8 Å². The van der Waals surface area contributed by atoms with E-state index < -0.39 is 0 Å². The summed E-state index contributed by atoms with van der Waals surface area (Å²) >= 11 is 18.2. The standard InChI is InChI=1S/C16H13Cl3N2/c1-10(14-5-4-13(17)7-16(14)19)21-9-12-3-2-11(8-20)6-15(12)18/h2-7,10,21H,9H2,1H3. The second-order valence-electron chi connectivity index (χ2n) is 4.69. The average molecular weight is 340 g/mol. The summed E-state index contributed by atoms with van der Waals surface area (Å²) in [6, 6.07) is 12.8. The summed E-state index contributed by atoms with van der Waals surface area (Å²) in [5.41, 5.74) is 2.47. The van der Waals surface area contributed by atoms with Gasteiger partial charge in [0, 0.05) is 27.7 Å². The first-order valence-corrected chi connectivity index (χ1v) is 7.51. The molecule has 0 aliphatic carbocycles. The molecule has 0 bridgehead atoms. The number of nitrogens with zero attached hydrogens (tertiary/aromatic N) is 1. The summed E-state index contributed by atoms with van der Waals surface area (Å²) in [7, 11) is 0. The lowest BCUT2D eigenvalue weighted by molar-refractivity contribution is 0.575. The molecule has 0 radical (unpaired) electrons. The fraction of sp³-hybridized carbons (Fsp3) is 0.188. The highest BCUT2D eigenvalue weighted by Crippen LogP contribution is 2.26. The van der Waals surface area contributed by atoms with Crippen LogP contribution in [0.25, 0.3) is 0 Å². The minimum absolute atomic E-state index is 0.0569. The van der Waals surface area contributed by atoms with Gasteiger partial charge in [0.25, 0.3) is 0 Å². The highest BCUT2D eigenvalue weighted by molar-refractivity contribution is 6.35. The maximum atomic E-state index is 8.82. The normalized spacial score (nSPS) is 12.0. The van der Waals surface area contributed by atoms with Crippen molar-refractivity contribution in [2.24, 2.45) is 0 Å². The molecule has 0 aliphatic rings. The van der Waals surface area contributed by atoms with Crippen LogP contribution in [0.2, 0.25) is 15.1 Å².